The van der Waals surface area contributed by atoms with Gasteiger partial charge >= 0.3 is 0 Å². The molecule has 1 N–H and O–H groups in total. The molecule has 0 aliphatic carbocycles. The Balaban J connectivity index is 2.26. The lowest BCUT2D eigenvalue weighted by Crippen LogP contribution is -2.04. The lowest BCUT2D eigenvalue weighted by atomic mass is 10.1. The predicted octanol–water partition coefficient (Wildman–Crippen LogP) is 3.83. The van der Waals surface area contributed by atoms with Gasteiger partial charge in [-0.3, -0.25) is 10.1 Å². The Bertz CT molecular complexity index is 669. The van der Waals surface area contributed by atoms with Crippen LogP contribution >= 0.6 is 0 Å². The molecule has 0 saturated carbocycles. The van der Waals surface area contributed by atoms with Crippen LogP contribution in [0.25, 0.3) is 0 Å². The Morgan fingerprint density at radius 1 is 1.14 bits per heavy atom. The minimum Gasteiger partial charge on any atom is -0.496 e. The van der Waals surface area contributed by atoms with E-state index in [0.717, 1.165) is 22.4 Å². The van der Waals surface area contributed by atoms with Gasteiger partial charge in [0.15, 0.2) is 0 Å². The van der Waals surface area contributed by atoms with E-state index in [1.54, 1.807) is 19.2 Å². The Morgan fingerprint density at radius 3 is 2.48 bits per heavy atom. The van der Waals surface area contributed by atoms with E-state index in [1.807, 2.05) is 32.0 Å². The van der Waals surface area contributed by atoms with Crippen LogP contribution in [0.3, 0.4) is 0 Å². The molecule has 0 saturated heterocycles. The van der Waals surface area contributed by atoms with Crippen LogP contribution in [0.15, 0.2) is 36.4 Å². The zero-order valence-electron chi connectivity index (χ0n) is 12.3. The van der Waals surface area contributed by atoms with E-state index in [0.29, 0.717) is 12.2 Å². The van der Waals surface area contributed by atoms with E-state index in [9.17, 15) is 10.1 Å². The van der Waals surface area contributed by atoms with Crippen molar-refractivity contribution in [2.45, 2.75) is 20.4 Å². The average Bonchev–Trinajstić information content (AvgIpc) is 2.45. The van der Waals surface area contributed by atoms with Crippen LogP contribution in [-0.4, -0.2) is 12.0 Å². The van der Waals surface area contributed by atoms with Gasteiger partial charge in [-0.2, -0.15) is 0 Å². The van der Waals surface area contributed by atoms with Crippen LogP contribution in [0, 0.1) is 24.0 Å². The monoisotopic (exact) mass is 286 g/mol. The summed E-state index contributed by atoms with van der Waals surface area (Å²) in [6.45, 7) is 4.37. The molecule has 110 valence electrons. The minimum atomic E-state index is -0.380. The van der Waals surface area contributed by atoms with Crippen molar-refractivity contribution < 1.29 is 9.66 Å². The maximum atomic E-state index is 11.1. The third-order valence-electron chi connectivity index (χ3n) is 3.25. The number of ether oxygens (including phenoxy) is 1. The van der Waals surface area contributed by atoms with E-state index >= 15 is 0 Å². The summed E-state index contributed by atoms with van der Waals surface area (Å²) in [5.74, 6) is 0.767. The minimum absolute atomic E-state index is 0.0761. The number of anilines is 1. The van der Waals surface area contributed by atoms with Gasteiger partial charge in [-0.25, -0.2) is 0 Å². The highest BCUT2D eigenvalue weighted by Crippen LogP contribution is 2.27. The SMILES string of the molecule is COc1ccc(C)cc1CNc1cc(C)ccc1[N+](=O)[O-]. The summed E-state index contributed by atoms with van der Waals surface area (Å²) in [5.41, 5.74) is 3.65. The lowest BCUT2D eigenvalue weighted by molar-refractivity contribution is -0.384. The molecule has 2 aromatic rings. The maximum absolute atomic E-state index is 11.1. The van der Waals surface area contributed by atoms with E-state index in [1.165, 1.54) is 6.07 Å². The fourth-order valence-electron chi connectivity index (χ4n) is 2.19. The third-order valence-corrected chi connectivity index (χ3v) is 3.25. The van der Waals surface area contributed by atoms with Crippen LogP contribution in [0.2, 0.25) is 0 Å². The van der Waals surface area contributed by atoms with Gasteiger partial charge in [-0.15, -0.1) is 0 Å². The van der Waals surface area contributed by atoms with Gasteiger partial charge in [-0.1, -0.05) is 23.8 Å². The highest BCUT2D eigenvalue weighted by molar-refractivity contribution is 5.63. The van der Waals surface area contributed by atoms with E-state index in [4.69, 9.17) is 4.74 Å². The molecule has 0 amide bonds. The van der Waals surface area contributed by atoms with Gasteiger partial charge in [0.25, 0.3) is 5.69 Å². The van der Waals surface area contributed by atoms with Crippen LogP contribution < -0.4 is 10.1 Å². The number of methoxy groups -OCH3 is 1. The largest absolute Gasteiger partial charge is 0.496 e. The molecule has 2 aromatic carbocycles. The quantitative estimate of drug-likeness (QED) is 0.670. The van der Waals surface area contributed by atoms with Gasteiger partial charge in [0.2, 0.25) is 0 Å². The van der Waals surface area contributed by atoms with E-state index in [2.05, 4.69) is 5.32 Å². The summed E-state index contributed by atoms with van der Waals surface area (Å²) in [4.78, 5) is 10.7. The van der Waals surface area contributed by atoms with Gasteiger partial charge in [0.1, 0.15) is 11.4 Å². The Morgan fingerprint density at radius 2 is 1.81 bits per heavy atom. The van der Waals surface area contributed by atoms with E-state index < -0.39 is 0 Å². The predicted molar refractivity (Wildman–Crippen MR) is 82.9 cm³/mol. The second-order valence-corrected chi connectivity index (χ2v) is 4.95. The molecule has 5 heteroatoms. The van der Waals surface area contributed by atoms with Crippen molar-refractivity contribution in [3.8, 4) is 5.75 Å². The van der Waals surface area contributed by atoms with Gasteiger partial charge in [-0.05, 0) is 31.5 Å². The molecule has 0 aliphatic heterocycles. The van der Waals surface area contributed by atoms with Crippen molar-refractivity contribution >= 4 is 11.4 Å². The summed E-state index contributed by atoms with van der Waals surface area (Å²) >= 11 is 0. The molecule has 0 unspecified atom stereocenters. The molecule has 0 bridgehead atoms. The molecule has 0 aromatic heterocycles. The molecular formula is C16H18N2O3. The summed E-state index contributed by atoms with van der Waals surface area (Å²) in [6, 6.07) is 10.9. The molecule has 0 spiro atoms. The summed E-state index contributed by atoms with van der Waals surface area (Å²) in [6.07, 6.45) is 0. The third kappa shape index (κ3) is 3.51. The van der Waals surface area contributed by atoms with Crippen molar-refractivity contribution in [1.82, 2.24) is 0 Å². The number of rotatable bonds is 5. The highest BCUT2D eigenvalue weighted by atomic mass is 16.6. The number of nitrogens with one attached hydrogen (secondary N) is 1. The summed E-state index contributed by atoms with van der Waals surface area (Å²) in [7, 11) is 1.61. The van der Waals surface area contributed by atoms with Crippen molar-refractivity contribution in [3.63, 3.8) is 0 Å². The molecule has 0 atom stereocenters. The second-order valence-electron chi connectivity index (χ2n) is 4.95. The molecule has 0 radical (unpaired) electrons. The molecule has 5 nitrogen and oxygen atoms in total. The normalized spacial score (nSPS) is 10.2. The molecular weight excluding hydrogens is 268 g/mol. The number of nitrogens with zero attached hydrogens (tertiary/aromatic N) is 1. The molecule has 0 heterocycles. The standard InChI is InChI=1S/C16H18N2O3/c1-11-5-7-16(21-3)13(8-11)10-17-14-9-12(2)4-6-15(14)18(19)20/h4-9,17H,10H2,1-3H3. The van der Waals surface area contributed by atoms with Crippen LogP contribution in [0.5, 0.6) is 5.75 Å². The van der Waals surface area contributed by atoms with Gasteiger partial charge in [0, 0.05) is 18.2 Å². The number of nitro benzene ring substituents is 1. The number of benzene rings is 2. The van der Waals surface area contributed by atoms with Crippen molar-refractivity contribution in [1.29, 1.82) is 0 Å². The first kappa shape index (κ1) is 14.8. The Hall–Kier alpha value is -2.56. The number of aryl methyl sites for hydroxylation is 2. The second kappa shape index (κ2) is 6.26. The van der Waals surface area contributed by atoms with Crippen LogP contribution in [-0.2, 0) is 6.54 Å². The van der Waals surface area contributed by atoms with Gasteiger partial charge in [0.05, 0.1) is 12.0 Å². The van der Waals surface area contributed by atoms with Gasteiger partial charge < -0.3 is 10.1 Å². The van der Waals surface area contributed by atoms with Crippen LogP contribution in [0.1, 0.15) is 16.7 Å². The summed E-state index contributed by atoms with van der Waals surface area (Å²) in [5, 5.41) is 14.2. The molecule has 2 rings (SSSR count). The van der Waals surface area contributed by atoms with Crippen molar-refractivity contribution in [3.05, 3.63) is 63.2 Å². The molecule has 0 fully saturated rings. The topological polar surface area (TPSA) is 64.4 Å². The fourth-order valence-corrected chi connectivity index (χ4v) is 2.19. The maximum Gasteiger partial charge on any atom is 0.292 e. The Labute approximate surface area is 123 Å². The summed E-state index contributed by atoms with van der Waals surface area (Å²) < 4.78 is 5.32. The zero-order chi connectivity index (χ0) is 15.4. The lowest BCUT2D eigenvalue weighted by Gasteiger charge is -2.12. The number of hydrogen-bond acceptors (Lipinski definition) is 4. The first-order chi connectivity index (χ1) is 10.0. The average molecular weight is 286 g/mol. The zero-order valence-corrected chi connectivity index (χ0v) is 12.3. The Kier molecular flexibility index (Phi) is 4.42. The van der Waals surface area contributed by atoms with Crippen LogP contribution in [0.4, 0.5) is 11.4 Å². The molecule has 21 heavy (non-hydrogen) atoms. The first-order valence-corrected chi connectivity index (χ1v) is 6.63. The number of hydrogen-bond donors (Lipinski definition) is 1. The molecule has 0 aliphatic rings. The van der Waals surface area contributed by atoms with Crippen molar-refractivity contribution in [2.75, 3.05) is 12.4 Å². The van der Waals surface area contributed by atoms with E-state index in [-0.39, 0.29) is 10.6 Å². The van der Waals surface area contributed by atoms with Crippen molar-refractivity contribution in [2.24, 2.45) is 0 Å². The highest BCUT2D eigenvalue weighted by Gasteiger charge is 2.13. The fraction of sp³-hybridized carbons (Fsp3) is 0.250. The smallest absolute Gasteiger partial charge is 0.292 e. The number of nitro groups is 1. The first-order valence-electron chi connectivity index (χ1n) is 6.63.